The van der Waals surface area contributed by atoms with Gasteiger partial charge in [0.05, 0.1) is 0 Å². The molecule has 0 spiro atoms. The lowest BCUT2D eigenvalue weighted by atomic mass is 9.88. The van der Waals surface area contributed by atoms with Gasteiger partial charge in [0.15, 0.2) is 11.7 Å². The van der Waals surface area contributed by atoms with Gasteiger partial charge in [-0.1, -0.05) is 13.5 Å². The Labute approximate surface area is 104 Å². The van der Waals surface area contributed by atoms with Crippen LogP contribution in [0, 0.1) is 5.92 Å². The van der Waals surface area contributed by atoms with Crippen LogP contribution in [0.15, 0.2) is 36.0 Å². The van der Waals surface area contributed by atoms with Gasteiger partial charge in [-0.15, -0.1) is 0 Å². The van der Waals surface area contributed by atoms with Gasteiger partial charge in [-0.2, -0.15) is 0 Å². The van der Waals surface area contributed by atoms with Gasteiger partial charge in [0.25, 0.3) is 5.92 Å². The molecule has 0 aromatic heterocycles. The first-order valence-electron chi connectivity index (χ1n) is 5.77. The minimum absolute atomic E-state index is 0.121. The summed E-state index contributed by atoms with van der Waals surface area (Å²) in [6.45, 7) is 6.44. The second kappa shape index (κ2) is 5.69. The standard InChI is InChI=1S/C13H17F4N/c1-4-10(14)11(15)5-8(2)12-6-13(16,17)9(3)7-18-12/h4-5,9,12,18H,2,6-7H2,1,3H3/b10-4+,11-5+/t9-,12-/m0/s1. The van der Waals surface area contributed by atoms with Crippen LogP contribution in [0.4, 0.5) is 17.6 Å². The lowest BCUT2D eigenvalue weighted by Gasteiger charge is -2.35. The molecule has 1 rings (SSSR count). The van der Waals surface area contributed by atoms with E-state index in [4.69, 9.17) is 0 Å². The summed E-state index contributed by atoms with van der Waals surface area (Å²) in [5.74, 6) is -5.71. The van der Waals surface area contributed by atoms with Crippen molar-refractivity contribution in [2.75, 3.05) is 6.54 Å². The van der Waals surface area contributed by atoms with Crippen LogP contribution in [-0.2, 0) is 0 Å². The largest absolute Gasteiger partial charge is 0.309 e. The fraction of sp³-hybridized carbons (Fsp3) is 0.538. The van der Waals surface area contributed by atoms with Crippen molar-refractivity contribution in [2.24, 2.45) is 5.92 Å². The molecule has 0 aromatic carbocycles. The van der Waals surface area contributed by atoms with Crippen LogP contribution < -0.4 is 5.32 Å². The van der Waals surface area contributed by atoms with Gasteiger partial charge in [-0.3, -0.25) is 0 Å². The minimum atomic E-state index is -2.82. The van der Waals surface area contributed by atoms with E-state index in [9.17, 15) is 17.6 Å². The van der Waals surface area contributed by atoms with Crippen molar-refractivity contribution in [3.63, 3.8) is 0 Å². The normalized spacial score (nSPS) is 29.2. The lowest BCUT2D eigenvalue weighted by Crippen LogP contribution is -2.49. The smallest absolute Gasteiger partial charge is 0.253 e. The van der Waals surface area contributed by atoms with Crippen LogP contribution in [-0.4, -0.2) is 18.5 Å². The van der Waals surface area contributed by atoms with E-state index in [1.807, 2.05) is 0 Å². The first kappa shape index (κ1) is 15.0. The Morgan fingerprint density at radius 1 is 1.33 bits per heavy atom. The van der Waals surface area contributed by atoms with Gasteiger partial charge >= 0.3 is 0 Å². The van der Waals surface area contributed by atoms with Crippen molar-refractivity contribution in [2.45, 2.75) is 32.2 Å². The SMILES string of the molecule is C=C(/C=C(F)\C(F)=C/C)[C@@H]1CC(F)(F)[C@@H](C)CN1. The number of rotatable bonds is 3. The molecule has 5 heteroatoms. The van der Waals surface area contributed by atoms with Crippen molar-refractivity contribution < 1.29 is 17.6 Å². The third-order valence-electron chi connectivity index (χ3n) is 3.11. The molecule has 1 N–H and O–H groups in total. The number of hydrogen-bond acceptors (Lipinski definition) is 1. The third kappa shape index (κ3) is 3.45. The average Bonchev–Trinajstić information content (AvgIpc) is 2.31. The van der Waals surface area contributed by atoms with Gasteiger partial charge in [-0.05, 0) is 24.6 Å². The summed E-state index contributed by atoms with van der Waals surface area (Å²) in [5, 5.41) is 2.85. The topological polar surface area (TPSA) is 12.0 Å². The molecule has 1 aliphatic rings. The lowest BCUT2D eigenvalue weighted by molar-refractivity contribution is -0.0793. The molecule has 0 aliphatic carbocycles. The zero-order valence-electron chi connectivity index (χ0n) is 10.4. The number of halogens is 4. The van der Waals surface area contributed by atoms with Gasteiger partial charge in [-0.25, -0.2) is 17.6 Å². The number of nitrogens with one attached hydrogen (secondary N) is 1. The Morgan fingerprint density at radius 2 is 1.94 bits per heavy atom. The summed E-state index contributed by atoms with van der Waals surface area (Å²) in [5.41, 5.74) is 0.121. The van der Waals surface area contributed by atoms with Crippen LogP contribution in [0.1, 0.15) is 20.3 Å². The monoisotopic (exact) mass is 263 g/mol. The molecule has 102 valence electrons. The Kier molecular flexibility index (Phi) is 4.73. The molecule has 0 aromatic rings. The van der Waals surface area contributed by atoms with E-state index >= 15 is 0 Å². The molecule has 1 saturated heterocycles. The molecule has 18 heavy (non-hydrogen) atoms. The van der Waals surface area contributed by atoms with Crippen LogP contribution in [0.5, 0.6) is 0 Å². The maximum absolute atomic E-state index is 13.5. The molecule has 2 atom stereocenters. The van der Waals surface area contributed by atoms with E-state index in [0.29, 0.717) is 0 Å². The van der Waals surface area contributed by atoms with E-state index in [-0.39, 0.29) is 12.1 Å². The van der Waals surface area contributed by atoms with Gasteiger partial charge in [0.2, 0.25) is 0 Å². The van der Waals surface area contributed by atoms with E-state index in [0.717, 1.165) is 12.2 Å². The Hall–Kier alpha value is -1.10. The van der Waals surface area contributed by atoms with E-state index in [1.54, 1.807) is 0 Å². The van der Waals surface area contributed by atoms with Crippen molar-refractivity contribution in [1.82, 2.24) is 5.32 Å². The summed E-state index contributed by atoms with van der Waals surface area (Å²) in [6, 6.07) is -0.730. The first-order valence-corrected chi connectivity index (χ1v) is 5.77. The highest BCUT2D eigenvalue weighted by atomic mass is 19.3. The van der Waals surface area contributed by atoms with E-state index < -0.39 is 36.0 Å². The van der Waals surface area contributed by atoms with Crippen LogP contribution >= 0.6 is 0 Å². The number of allylic oxidation sites excluding steroid dienone is 3. The second-order valence-corrected chi connectivity index (χ2v) is 4.53. The molecular weight excluding hydrogens is 246 g/mol. The van der Waals surface area contributed by atoms with Crippen molar-refractivity contribution in [3.05, 3.63) is 36.0 Å². The minimum Gasteiger partial charge on any atom is -0.309 e. The van der Waals surface area contributed by atoms with Crippen LogP contribution in [0.2, 0.25) is 0 Å². The third-order valence-corrected chi connectivity index (χ3v) is 3.11. The fourth-order valence-electron chi connectivity index (χ4n) is 1.75. The molecule has 1 nitrogen and oxygen atoms in total. The van der Waals surface area contributed by atoms with Crippen LogP contribution in [0.25, 0.3) is 0 Å². The molecule has 1 heterocycles. The molecule has 0 bridgehead atoms. The van der Waals surface area contributed by atoms with Gasteiger partial charge in [0, 0.05) is 24.9 Å². The summed E-state index contributed by atoms with van der Waals surface area (Å²) in [4.78, 5) is 0. The van der Waals surface area contributed by atoms with E-state index in [2.05, 4.69) is 11.9 Å². The molecule has 0 saturated carbocycles. The molecular formula is C13H17F4N. The van der Waals surface area contributed by atoms with E-state index in [1.165, 1.54) is 13.8 Å². The maximum atomic E-state index is 13.5. The average molecular weight is 263 g/mol. The Bertz CT molecular complexity index is 384. The predicted octanol–water partition coefficient (Wildman–Crippen LogP) is 3.90. The second-order valence-electron chi connectivity index (χ2n) is 4.53. The highest BCUT2D eigenvalue weighted by molar-refractivity contribution is 5.31. The molecule has 1 fully saturated rings. The quantitative estimate of drug-likeness (QED) is 0.601. The molecule has 0 radical (unpaired) electrons. The van der Waals surface area contributed by atoms with Crippen molar-refractivity contribution in [3.8, 4) is 0 Å². The van der Waals surface area contributed by atoms with Gasteiger partial charge < -0.3 is 5.32 Å². The summed E-state index contributed by atoms with van der Waals surface area (Å²) >= 11 is 0. The van der Waals surface area contributed by atoms with Crippen molar-refractivity contribution >= 4 is 0 Å². The molecule has 0 amide bonds. The number of alkyl halides is 2. The predicted molar refractivity (Wildman–Crippen MR) is 63.7 cm³/mol. The fourth-order valence-corrected chi connectivity index (χ4v) is 1.75. The highest BCUT2D eigenvalue weighted by Crippen LogP contribution is 2.34. The van der Waals surface area contributed by atoms with Gasteiger partial charge in [0.1, 0.15) is 0 Å². The summed E-state index contributed by atoms with van der Waals surface area (Å²) < 4.78 is 53.1. The number of piperidine rings is 1. The zero-order valence-corrected chi connectivity index (χ0v) is 10.4. The van der Waals surface area contributed by atoms with Crippen molar-refractivity contribution in [1.29, 1.82) is 0 Å². The Balaban J connectivity index is 2.75. The highest BCUT2D eigenvalue weighted by Gasteiger charge is 2.42. The Morgan fingerprint density at radius 3 is 2.44 bits per heavy atom. The first-order chi connectivity index (χ1) is 8.27. The zero-order chi connectivity index (χ0) is 13.9. The molecule has 0 unspecified atom stereocenters. The molecule has 1 aliphatic heterocycles. The summed E-state index contributed by atoms with van der Waals surface area (Å²) in [7, 11) is 0. The summed E-state index contributed by atoms with van der Waals surface area (Å²) in [6.07, 6.45) is 1.37. The maximum Gasteiger partial charge on any atom is 0.253 e. The van der Waals surface area contributed by atoms with Crippen LogP contribution in [0.3, 0.4) is 0 Å². The number of hydrogen-bond donors (Lipinski definition) is 1.